The summed E-state index contributed by atoms with van der Waals surface area (Å²) in [4.78, 5) is 1.81. The summed E-state index contributed by atoms with van der Waals surface area (Å²) in [7, 11) is 0. The summed E-state index contributed by atoms with van der Waals surface area (Å²) >= 11 is 0. The second kappa shape index (κ2) is 5.65. The second-order valence-corrected chi connectivity index (χ2v) is 4.49. The Balaban J connectivity index is 2.26. The van der Waals surface area contributed by atoms with Crippen LogP contribution in [0.25, 0.3) is 0 Å². The van der Waals surface area contributed by atoms with Gasteiger partial charge in [-0.05, 0) is 24.6 Å². The molecule has 0 spiro atoms. The van der Waals surface area contributed by atoms with Gasteiger partial charge in [-0.3, -0.25) is 0 Å². The second-order valence-electron chi connectivity index (χ2n) is 4.49. The van der Waals surface area contributed by atoms with Crippen molar-refractivity contribution in [2.75, 3.05) is 31.3 Å². The fourth-order valence-electron chi connectivity index (χ4n) is 2.14. The minimum atomic E-state index is -0.688. The van der Waals surface area contributed by atoms with E-state index in [0.29, 0.717) is 31.0 Å². The first-order chi connectivity index (χ1) is 8.63. The molecule has 2 N–H and O–H groups in total. The molecule has 0 aromatic heterocycles. The highest BCUT2D eigenvalue weighted by molar-refractivity contribution is 5.50. The van der Waals surface area contributed by atoms with Crippen LogP contribution < -0.4 is 4.90 Å². The molecule has 0 aliphatic carbocycles. The summed E-state index contributed by atoms with van der Waals surface area (Å²) in [6, 6.07) is 4.47. The number of aliphatic hydroxyl groups is 2. The summed E-state index contributed by atoms with van der Waals surface area (Å²) in [5.41, 5.74) is 0.992. The molecule has 1 fully saturated rings. The molecule has 1 aromatic carbocycles. The van der Waals surface area contributed by atoms with Crippen LogP contribution in [0.4, 0.5) is 10.1 Å². The molecular formula is C13H18FNO3. The molecule has 1 saturated heterocycles. The van der Waals surface area contributed by atoms with Crippen LogP contribution in [0.3, 0.4) is 0 Å². The lowest BCUT2D eigenvalue weighted by molar-refractivity contribution is 0.0723. The van der Waals surface area contributed by atoms with Crippen molar-refractivity contribution < 1.29 is 19.3 Å². The van der Waals surface area contributed by atoms with E-state index in [-0.39, 0.29) is 18.5 Å². The van der Waals surface area contributed by atoms with E-state index >= 15 is 0 Å². The molecule has 1 aromatic rings. The van der Waals surface area contributed by atoms with Gasteiger partial charge in [-0.25, -0.2) is 4.39 Å². The zero-order chi connectivity index (χ0) is 13.1. The van der Waals surface area contributed by atoms with Crippen molar-refractivity contribution in [1.29, 1.82) is 0 Å². The highest BCUT2D eigenvalue weighted by atomic mass is 19.1. The number of hydrogen-bond acceptors (Lipinski definition) is 4. The Bertz CT molecular complexity index is 411. The van der Waals surface area contributed by atoms with Crippen molar-refractivity contribution in [3.63, 3.8) is 0 Å². The maximum atomic E-state index is 14.0. The van der Waals surface area contributed by atoms with Gasteiger partial charge >= 0.3 is 0 Å². The van der Waals surface area contributed by atoms with Crippen LogP contribution in [-0.4, -0.2) is 42.6 Å². The molecular weight excluding hydrogens is 237 g/mol. The third-order valence-electron chi connectivity index (χ3n) is 3.20. The van der Waals surface area contributed by atoms with Crippen LogP contribution in [0, 0.1) is 5.82 Å². The Hall–Kier alpha value is -1.17. The van der Waals surface area contributed by atoms with Crippen LogP contribution in [0.1, 0.15) is 18.6 Å². The summed E-state index contributed by atoms with van der Waals surface area (Å²) < 4.78 is 19.3. The fraction of sp³-hybridized carbons (Fsp3) is 0.538. The predicted molar refractivity (Wildman–Crippen MR) is 66.1 cm³/mol. The number of anilines is 1. The average molecular weight is 255 g/mol. The topological polar surface area (TPSA) is 52.9 Å². The Labute approximate surface area is 106 Å². The minimum Gasteiger partial charge on any atom is -0.394 e. The number of rotatable bonds is 3. The van der Waals surface area contributed by atoms with Crippen molar-refractivity contribution in [2.24, 2.45) is 0 Å². The van der Waals surface area contributed by atoms with Crippen LogP contribution in [0.5, 0.6) is 0 Å². The van der Waals surface area contributed by atoms with Crippen LogP contribution in [-0.2, 0) is 4.74 Å². The number of morpholine rings is 1. The van der Waals surface area contributed by atoms with Crippen LogP contribution in [0.15, 0.2) is 18.2 Å². The zero-order valence-electron chi connectivity index (χ0n) is 10.3. The lowest BCUT2D eigenvalue weighted by atomic mass is 10.1. The molecule has 100 valence electrons. The van der Waals surface area contributed by atoms with E-state index < -0.39 is 6.10 Å². The molecule has 2 rings (SSSR count). The average Bonchev–Trinajstić information content (AvgIpc) is 2.38. The smallest absolute Gasteiger partial charge is 0.146 e. The molecule has 1 unspecified atom stereocenters. The van der Waals surface area contributed by atoms with Gasteiger partial charge in [0.1, 0.15) is 5.82 Å². The van der Waals surface area contributed by atoms with Crippen LogP contribution >= 0.6 is 0 Å². The van der Waals surface area contributed by atoms with E-state index in [1.807, 2.05) is 4.90 Å². The summed E-state index contributed by atoms with van der Waals surface area (Å²) in [6.07, 6.45) is -0.688. The van der Waals surface area contributed by atoms with Gasteiger partial charge in [0.2, 0.25) is 0 Å². The van der Waals surface area contributed by atoms with E-state index in [2.05, 4.69) is 0 Å². The molecule has 1 heterocycles. The summed E-state index contributed by atoms with van der Waals surface area (Å²) in [6.45, 7) is 3.00. The van der Waals surface area contributed by atoms with Crippen molar-refractivity contribution in [1.82, 2.24) is 0 Å². The quantitative estimate of drug-likeness (QED) is 0.848. The van der Waals surface area contributed by atoms with E-state index in [9.17, 15) is 14.6 Å². The molecule has 1 aliphatic heterocycles. The lowest BCUT2D eigenvalue weighted by Crippen LogP contribution is -2.48. The highest BCUT2D eigenvalue weighted by Crippen LogP contribution is 2.26. The van der Waals surface area contributed by atoms with Gasteiger partial charge in [0.25, 0.3) is 0 Å². The number of halogens is 1. The number of ether oxygens (including phenoxy) is 1. The first-order valence-corrected chi connectivity index (χ1v) is 6.06. The van der Waals surface area contributed by atoms with Crippen molar-refractivity contribution in [3.05, 3.63) is 29.6 Å². The molecule has 1 aliphatic rings. The van der Waals surface area contributed by atoms with E-state index in [0.717, 1.165) is 0 Å². The molecule has 0 amide bonds. The van der Waals surface area contributed by atoms with E-state index in [4.69, 9.17) is 4.74 Å². The molecule has 0 saturated carbocycles. The number of aliphatic hydroxyl groups excluding tert-OH is 2. The maximum Gasteiger partial charge on any atom is 0.146 e. The van der Waals surface area contributed by atoms with E-state index in [1.54, 1.807) is 19.1 Å². The molecule has 4 nitrogen and oxygen atoms in total. The zero-order valence-corrected chi connectivity index (χ0v) is 10.3. The normalized spacial score (nSPS) is 22.0. The van der Waals surface area contributed by atoms with Gasteiger partial charge in [-0.2, -0.15) is 0 Å². The number of benzene rings is 1. The van der Waals surface area contributed by atoms with Crippen molar-refractivity contribution >= 4 is 5.69 Å². The fourth-order valence-corrected chi connectivity index (χ4v) is 2.14. The van der Waals surface area contributed by atoms with Crippen molar-refractivity contribution in [2.45, 2.75) is 19.1 Å². The highest BCUT2D eigenvalue weighted by Gasteiger charge is 2.24. The molecule has 2 atom stereocenters. The third kappa shape index (κ3) is 2.63. The van der Waals surface area contributed by atoms with E-state index in [1.165, 1.54) is 6.07 Å². The standard InChI is InChI=1S/C13H18FNO3/c1-9(17)10-2-3-13(12(14)6-10)15-4-5-18-8-11(15)7-16/h2-3,6,9,11,16-17H,4-5,7-8H2,1H3/t9-,11?/m1/s1. The molecule has 18 heavy (non-hydrogen) atoms. The monoisotopic (exact) mass is 255 g/mol. The van der Waals surface area contributed by atoms with Gasteiger partial charge < -0.3 is 19.8 Å². The predicted octanol–water partition coefficient (Wildman–Crippen LogP) is 1.08. The van der Waals surface area contributed by atoms with Crippen molar-refractivity contribution in [3.8, 4) is 0 Å². The first kappa shape index (κ1) is 13.3. The summed E-state index contributed by atoms with van der Waals surface area (Å²) in [5.74, 6) is -0.381. The molecule has 5 heteroatoms. The van der Waals surface area contributed by atoms with Crippen LogP contribution in [0.2, 0.25) is 0 Å². The largest absolute Gasteiger partial charge is 0.394 e. The van der Waals surface area contributed by atoms with Gasteiger partial charge in [0.15, 0.2) is 0 Å². The Morgan fingerprint density at radius 2 is 2.33 bits per heavy atom. The first-order valence-electron chi connectivity index (χ1n) is 6.06. The van der Waals surface area contributed by atoms with Gasteiger partial charge in [-0.15, -0.1) is 0 Å². The number of hydrogen-bond donors (Lipinski definition) is 2. The Morgan fingerprint density at radius 3 is 2.94 bits per heavy atom. The summed E-state index contributed by atoms with van der Waals surface area (Å²) in [5, 5.41) is 18.7. The minimum absolute atomic E-state index is 0.0718. The Kier molecular flexibility index (Phi) is 4.16. The third-order valence-corrected chi connectivity index (χ3v) is 3.20. The number of nitrogens with zero attached hydrogens (tertiary/aromatic N) is 1. The Morgan fingerprint density at radius 1 is 1.56 bits per heavy atom. The van der Waals surface area contributed by atoms with Gasteiger partial charge in [0.05, 0.1) is 37.7 Å². The molecule has 0 bridgehead atoms. The molecule has 0 radical (unpaired) electrons. The maximum absolute atomic E-state index is 14.0. The van der Waals surface area contributed by atoms with Gasteiger partial charge in [0, 0.05) is 6.54 Å². The SMILES string of the molecule is C[C@@H](O)c1ccc(N2CCOCC2CO)c(F)c1. The lowest BCUT2D eigenvalue weighted by Gasteiger charge is -2.36. The van der Waals surface area contributed by atoms with Gasteiger partial charge in [-0.1, -0.05) is 6.07 Å².